The van der Waals surface area contributed by atoms with Crippen LogP contribution in [-0.2, 0) is 33.7 Å². The fourth-order valence-electron chi connectivity index (χ4n) is 5.36. The Kier molecular flexibility index (Phi) is 25.5. The van der Waals surface area contributed by atoms with E-state index in [1.54, 1.807) is 25.7 Å². The van der Waals surface area contributed by atoms with Crippen molar-refractivity contribution >= 4 is 16.7 Å². The number of hydrogen-bond donors (Lipinski definition) is 0. The van der Waals surface area contributed by atoms with E-state index < -0.39 is 0 Å². The first-order valence-electron chi connectivity index (χ1n) is 20.1. The van der Waals surface area contributed by atoms with Gasteiger partial charge in [-0.3, -0.25) is 14.3 Å². The van der Waals surface area contributed by atoms with Crippen LogP contribution in [0.25, 0.3) is 16.6 Å². The number of rotatable bonds is 19. The summed E-state index contributed by atoms with van der Waals surface area (Å²) in [7, 11) is 3.42. The van der Waals surface area contributed by atoms with E-state index in [1.165, 1.54) is 24.0 Å². The van der Waals surface area contributed by atoms with Crippen molar-refractivity contribution in [1.29, 1.82) is 0 Å². The Morgan fingerprint density at radius 1 is 0.815 bits per heavy atom. The molecule has 4 rings (SSSR count). The number of carbonyl (C=O) groups excluding carboxylic acids is 1. The van der Waals surface area contributed by atoms with Crippen molar-refractivity contribution in [2.75, 3.05) is 40.5 Å². The van der Waals surface area contributed by atoms with Gasteiger partial charge in [0.25, 0.3) is 5.56 Å². The van der Waals surface area contributed by atoms with Crippen LogP contribution in [0.2, 0.25) is 0 Å². The summed E-state index contributed by atoms with van der Waals surface area (Å²) in [5.74, 6) is 1.72. The van der Waals surface area contributed by atoms with E-state index in [0.717, 1.165) is 67.8 Å². The monoisotopic (exact) mass is 746 g/mol. The van der Waals surface area contributed by atoms with E-state index >= 15 is 0 Å². The molecule has 8 nitrogen and oxygen atoms in total. The van der Waals surface area contributed by atoms with E-state index in [4.69, 9.17) is 19.2 Å². The van der Waals surface area contributed by atoms with Gasteiger partial charge < -0.3 is 19.0 Å². The number of ether oxygens (including phenoxy) is 3. The Morgan fingerprint density at radius 2 is 1.43 bits per heavy atom. The van der Waals surface area contributed by atoms with Crippen molar-refractivity contribution in [3.05, 3.63) is 99.6 Å². The van der Waals surface area contributed by atoms with E-state index in [1.807, 2.05) is 58.0 Å². The zero-order chi connectivity index (χ0) is 40.3. The third-order valence-electron chi connectivity index (χ3n) is 8.49. The minimum absolute atomic E-state index is 0.0258. The van der Waals surface area contributed by atoms with Gasteiger partial charge in [0.05, 0.1) is 35.9 Å². The van der Waals surface area contributed by atoms with Gasteiger partial charge in [-0.05, 0) is 75.9 Å². The van der Waals surface area contributed by atoms with Crippen LogP contribution in [0.3, 0.4) is 0 Å². The smallest absolute Gasteiger partial charge is 0.266 e. The Morgan fingerprint density at radius 3 is 1.98 bits per heavy atom. The fraction of sp³-hybridized carbons (Fsp3) is 0.543. The summed E-state index contributed by atoms with van der Waals surface area (Å²) in [5, 5.41) is 0.611. The fourth-order valence-corrected chi connectivity index (χ4v) is 5.36. The molecule has 0 bridgehead atoms. The van der Waals surface area contributed by atoms with Crippen LogP contribution in [0.15, 0.2) is 71.5 Å². The minimum atomic E-state index is -0.0616. The molecule has 0 aliphatic carbocycles. The average molecular weight is 746 g/mol. The SMILES string of the molecule is CC.CC(=O)CCc1ccc(C)cc1.CCCC.CCCCCc1nc2ccccc2c(=O)n1-c1cc(CN(CCOC)CCOC)ccc1OC(C)C. The van der Waals surface area contributed by atoms with Crippen molar-refractivity contribution in [3.63, 3.8) is 0 Å². The number of ketones is 1. The number of methoxy groups -OCH3 is 2. The standard InChI is InChI=1S/C29H41N3O4.C11H14O.C4H10.C2H6/c1-6-7-8-13-28-30-25-12-10-9-11-24(25)29(33)32(28)26-20-23(14-15-27(26)36-22(2)3)21-31(16-18-34-4)17-19-35-5;1-9-3-6-11(7-4-9)8-5-10(2)12;1-3-4-2;1-2/h9-12,14-15,20,22H,6-8,13,16-19,21H2,1-5H3;3-4,6-7H,5,8H2,1-2H3;3-4H2,1-2H3;1-2H3. The highest BCUT2D eigenvalue weighted by molar-refractivity contribution is 5.78. The van der Waals surface area contributed by atoms with Crippen LogP contribution in [0.5, 0.6) is 5.75 Å². The summed E-state index contributed by atoms with van der Waals surface area (Å²) < 4.78 is 18.6. The third kappa shape index (κ3) is 18.0. The molecule has 1 aromatic heterocycles. The molecule has 8 heteroatoms. The van der Waals surface area contributed by atoms with Gasteiger partial charge in [-0.2, -0.15) is 0 Å². The molecule has 0 unspecified atom stereocenters. The van der Waals surface area contributed by atoms with Crippen molar-refractivity contribution in [2.24, 2.45) is 0 Å². The second kappa shape index (κ2) is 28.6. The van der Waals surface area contributed by atoms with E-state index in [9.17, 15) is 9.59 Å². The number of aromatic nitrogens is 2. The zero-order valence-corrected chi connectivity index (χ0v) is 35.5. The summed E-state index contributed by atoms with van der Waals surface area (Å²) in [6, 6.07) is 22.0. The maximum absolute atomic E-state index is 13.9. The lowest BCUT2D eigenvalue weighted by molar-refractivity contribution is -0.116. The third-order valence-corrected chi connectivity index (χ3v) is 8.49. The molecule has 0 amide bonds. The number of unbranched alkanes of at least 4 members (excludes halogenated alkanes) is 3. The first-order valence-corrected chi connectivity index (χ1v) is 20.1. The van der Waals surface area contributed by atoms with Gasteiger partial charge >= 0.3 is 0 Å². The van der Waals surface area contributed by atoms with Crippen LogP contribution in [-0.4, -0.2) is 66.9 Å². The van der Waals surface area contributed by atoms with E-state index in [0.29, 0.717) is 37.3 Å². The quantitative estimate of drug-likeness (QED) is 0.0884. The molecule has 0 aliphatic heterocycles. The Bertz CT molecular complexity index is 1640. The first-order chi connectivity index (χ1) is 26.1. The van der Waals surface area contributed by atoms with Gasteiger partial charge in [-0.25, -0.2) is 4.98 Å². The second-order valence-electron chi connectivity index (χ2n) is 13.6. The maximum atomic E-state index is 13.9. The average Bonchev–Trinajstić information content (AvgIpc) is 3.17. The molecular formula is C46H71N3O5. The molecule has 1 heterocycles. The summed E-state index contributed by atoms with van der Waals surface area (Å²) in [6.45, 7) is 21.8. The van der Waals surface area contributed by atoms with Gasteiger partial charge in [0.1, 0.15) is 17.4 Å². The van der Waals surface area contributed by atoms with Gasteiger partial charge in [-0.15, -0.1) is 0 Å². The number of carbonyl (C=O) groups is 1. The predicted molar refractivity (Wildman–Crippen MR) is 227 cm³/mol. The topological polar surface area (TPSA) is 82.9 Å². The zero-order valence-electron chi connectivity index (χ0n) is 35.5. The van der Waals surface area contributed by atoms with E-state index in [2.05, 4.69) is 69.0 Å². The first kappa shape index (κ1) is 48.2. The highest BCUT2D eigenvalue weighted by Gasteiger charge is 2.18. The summed E-state index contributed by atoms with van der Waals surface area (Å²) >= 11 is 0. The lowest BCUT2D eigenvalue weighted by atomic mass is 10.1. The Hall–Kier alpha value is -3.85. The number of benzene rings is 3. The largest absolute Gasteiger partial charge is 0.489 e. The molecule has 0 atom stereocenters. The molecule has 0 spiro atoms. The molecule has 0 aliphatic rings. The number of aryl methyl sites for hydroxylation is 3. The normalized spacial score (nSPS) is 10.6. The van der Waals surface area contributed by atoms with Crippen molar-refractivity contribution < 1.29 is 19.0 Å². The number of fused-ring (bicyclic) bond motifs is 1. The predicted octanol–water partition coefficient (Wildman–Crippen LogP) is 10.3. The second-order valence-corrected chi connectivity index (χ2v) is 13.6. The number of hydrogen-bond acceptors (Lipinski definition) is 7. The van der Waals surface area contributed by atoms with Crippen molar-refractivity contribution in [2.45, 2.75) is 126 Å². The maximum Gasteiger partial charge on any atom is 0.266 e. The molecule has 3 aromatic carbocycles. The summed E-state index contributed by atoms with van der Waals surface area (Å²) in [4.78, 5) is 31.8. The lowest BCUT2D eigenvalue weighted by Gasteiger charge is -2.23. The van der Waals surface area contributed by atoms with Crippen LogP contribution in [0, 0.1) is 6.92 Å². The number of para-hydroxylation sites is 1. The molecular weight excluding hydrogens is 675 g/mol. The van der Waals surface area contributed by atoms with Crippen molar-refractivity contribution in [3.8, 4) is 11.4 Å². The molecule has 0 radical (unpaired) electrons. The van der Waals surface area contributed by atoms with Crippen LogP contribution in [0.1, 0.15) is 116 Å². The summed E-state index contributed by atoms with van der Waals surface area (Å²) in [6.07, 6.45) is 8.04. The molecule has 0 fully saturated rings. The number of Topliss-reactive ketones (excluding diaryl/α,β-unsaturated/α-hetero) is 1. The Labute approximate surface area is 327 Å². The van der Waals surface area contributed by atoms with Gasteiger partial charge in [0, 0.05) is 46.7 Å². The molecule has 54 heavy (non-hydrogen) atoms. The molecule has 0 saturated heterocycles. The van der Waals surface area contributed by atoms with Gasteiger partial charge in [0.2, 0.25) is 0 Å². The van der Waals surface area contributed by atoms with E-state index in [-0.39, 0.29) is 17.4 Å². The molecule has 0 saturated carbocycles. The van der Waals surface area contributed by atoms with Crippen LogP contribution in [0.4, 0.5) is 0 Å². The van der Waals surface area contributed by atoms with Crippen molar-refractivity contribution in [1.82, 2.24) is 14.5 Å². The van der Waals surface area contributed by atoms with Gasteiger partial charge in [0.15, 0.2) is 0 Å². The van der Waals surface area contributed by atoms with Gasteiger partial charge in [-0.1, -0.05) is 108 Å². The Balaban J connectivity index is 0.000000669. The summed E-state index contributed by atoms with van der Waals surface area (Å²) in [5.41, 5.74) is 5.02. The number of nitrogens with zero attached hydrogens (tertiary/aromatic N) is 3. The highest BCUT2D eigenvalue weighted by atomic mass is 16.5. The molecule has 4 aromatic rings. The van der Waals surface area contributed by atoms with Crippen LogP contribution < -0.4 is 10.3 Å². The minimum Gasteiger partial charge on any atom is -0.489 e. The lowest BCUT2D eigenvalue weighted by Crippen LogP contribution is -2.30. The molecule has 0 N–H and O–H groups in total. The van der Waals surface area contributed by atoms with Crippen LogP contribution >= 0.6 is 0 Å². The molecule has 300 valence electrons. The highest BCUT2D eigenvalue weighted by Crippen LogP contribution is 2.27.